The number of nitrogens with one attached hydrogen (secondary N) is 2. The highest BCUT2D eigenvalue weighted by Gasteiger charge is 2.22. The van der Waals surface area contributed by atoms with Gasteiger partial charge in [0.2, 0.25) is 0 Å². The first-order valence-corrected chi connectivity index (χ1v) is 5.61. The maximum Gasteiger partial charge on any atom is 0.322 e. The van der Waals surface area contributed by atoms with Crippen molar-refractivity contribution in [1.82, 2.24) is 10.2 Å². The fraction of sp³-hybridized carbons (Fsp3) is 0.417. The highest BCUT2D eigenvalue weighted by atomic mass is 35.5. The van der Waals surface area contributed by atoms with Crippen molar-refractivity contribution in [2.45, 2.75) is 13.0 Å². The number of rotatable bonds is 1. The zero-order valence-electron chi connectivity index (χ0n) is 9.85. The van der Waals surface area contributed by atoms with Crippen LogP contribution >= 0.6 is 12.4 Å². The van der Waals surface area contributed by atoms with Gasteiger partial charge in [-0.1, -0.05) is 18.2 Å². The summed E-state index contributed by atoms with van der Waals surface area (Å²) in [5.41, 5.74) is 0.846. The van der Waals surface area contributed by atoms with E-state index in [1.807, 2.05) is 35.2 Å². The van der Waals surface area contributed by atoms with E-state index in [1.54, 1.807) is 0 Å². The van der Waals surface area contributed by atoms with Crippen LogP contribution in [0.1, 0.15) is 6.92 Å². The molecule has 1 aromatic carbocycles. The zero-order valence-corrected chi connectivity index (χ0v) is 10.7. The lowest BCUT2D eigenvalue weighted by Gasteiger charge is -2.33. The van der Waals surface area contributed by atoms with Gasteiger partial charge in [0.05, 0.1) is 0 Å². The molecule has 17 heavy (non-hydrogen) atoms. The van der Waals surface area contributed by atoms with Crippen molar-refractivity contribution in [3.63, 3.8) is 0 Å². The van der Waals surface area contributed by atoms with Gasteiger partial charge in [0, 0.05) is 31.4 Å². The summed E-state index contributed by atoms with van der Waals surface area (Å²) in [7, 11) is 0. The smallest absolute Gasteiger partial charge is 0.319 e. The molecule has 1 aliphatic heterocycles. The van der Waals surface area contributed by atoms with Gasteiger partial charge in [-0.05, 0) is 19.1 Å². The number of carbonyl (C=O) groups excluding carboxylic acids is 1. The molecule has 1 atom stereocenters. The molecule has 1 aliphatic rings. The first kappa shape index (κ1) is 13.8. The Bertz CT molecular complexity index is 358. The molecule has 0 spiro atoms. The second-order valence-electron chi connectivity index (χ2n) is 4.04. The van der Waals surface area contributed by atoms with E-state index in [0.29, 0.717) is 0 Å². The number of piperazine rings is 1. The second kappa shape index (κ2) is 6.47. The summed E-state index contributed by atoms with van der Waals surface area (Å²) in [5, 5.41) is 6.16. The first-order chi connectivity index (χ1) is 7.77. The molecule has 1 unspecified atom stereocenters. The van der Waals surface area contributed by atoms with Gasteiger partial charge in [-0.2, -0.15) is 0 Å². The number of urea groups is 1. The highest BCUT2D eigenvalue weighted by Crippen LogP contribution is 2.09. The second-order valence-corrected chi connectivity index (χ2v) is 4.04. The van der Waals surface area contributed by atoms with E-state index in [1.165, 1.54) is 0 Å². The van der Waals surface area contributed by atoms with Gasteiger partial charge in [-0.3, -0.25) is 0 Å². The van der Waals surface area contributed by atoms with Crippen LogP contribution in [0.2, 0.25) is 0 Å². The van der Waals surface area contributed by atoms with Crippen LogP contribution in [0.4, 0.5) is 10.5 Å². The standard InChI is InChI=1S/C12H17N3O.ClH/c1-10-9-13-7-8-15(10)12(16)14-11-5-3-2-4-6-11;/h2-6,10,13H,7-9H2,1H3,(H,14,16);1H. The van der Waals surface area contributed by atoms with Crippen LogP contribution in [0.3, 0.4) is 0 Å². The third-order valence-corrected chi connectivity index (χ3v) is 2.79. The molecule has 5 heteroatoms. The average molecular weight is 256 g/mol. The number of nitrogens with zero attached hydrogens (tertiary/aromatic N) is 1. The lowest BCUT2D eigenvalue weighted by atomic mass is 10.2. The number of hydrogen-bond acceptors (Lipinski definition) is 2. The van der Waals surface area contributed by atoms with Crippen LogP contribution in [0.25, 0.3) is 0 Å². The Balaban J connectivity index is 0.00000144. The molecule has 1 heterocycles. The van der Waals surface area contributed by atoms with Gasteiger partial charge >= 0.3 is 6.03 Å². The van der Waals surface area contributed by atoms with Crippen LogP contribution in [0.15, 0.2) is 30.3 Å². The number of halogens is 1. The maximum absolute atomic E-state index is 12.0. The average Bonchev–Trinajstić information content (AvgIpc) is 2.31. The molecule has 4 nitrogen and oxygen atoms in total. The van der Waals surface area contributed by atoms with E-state index in [2.05, 4.69) is 17.6 Å². The molecule has 1 fully saturated rings. The molecule has 0 aliphatic carbocycles. The van der Waals surface area contributed by atoms with E-state index in [0.717, 1.165) is 25.3 Å². The Morgan fingerprint density at radius 1 is 1.41 bits per heavy atom. The van der Waals surface area contributed by atoms with Crippen LogP contribution < -0.4 is 10.6 Å². The van der Waals surface area contributed by atoms with Crippen molar-refractivity contribution in [2.75, 3.05) is 25.0 Å². The normalized spacial score (nSPS) is 19.4. The molecular formula is C12H18ClN3O. The Morgan fingerprint density at radius 2 is 2.12 bits per heavy atom. The van der Waals surface area contributed by atoms with Crippen LogP contribution in [0, 0.1) is 0 Å². The minimum atomic E-state index is -0.0137. The number of hydrogen-bond donors (Lipinski definition) is 2. The van der Waals surface area contributed by atoms with Crippen LogP contribution in [-0.4, -0.2) is 36.6 Å². The van der Waals surface area contributed by atoms with Gasteiger partial charge in [0.1, 0.15) is 0 Å². The molecular weight excluding hydrogens is 238 g/mol. The van der Waals surface area contributed by atoms with Crippen molar-refractivity contribution < 1.29 is 4.79 Å². The summed E-state index contributed by atoms with van der Waals surface area (Å²) >= 11 is 0. The molecule has 1 saturated heterocycles. The minimum absolute atomic E-state index is 0. The fourth-order valence-electron chi connectivity index (χ4n) is 1.86. The Morgan fingerprint density at radius 3 is 2.76 bits per heavy atom. The van der Waals surface area contributed by atoms with E-state index in [9.17, 15) is 4.79 Å². The van der Waals surface area contributed by atoms with Gasteiger partial charge in [-0.15, -0.1) is 12.4 Å². The summed E-state index contributed by atoms with van der Waals surface area (Å²) in [6.45, 7) is 4.55. The number of benzene rings is 1. The van der Waals surface area contributed by atoms with E-state index in [4.69, 9.17) is 0 Å². The van der Waals surface area contributed by atoms with Crippen molar-refractivity contribution >= 4 is 24.1 Å². The number of carbonyl (C=O) groups is 1. The molecule has 2 amide bonds. The molecule has 2 N–H and O–H groups in total. The van der Waals surface area contributed by atoms with Crippen molar-refractivity contribution in [3.05, 3.63) is 30.3 Å². The Kier molecular flexibility index (Phi) is 5.25. The Hall–Kier alpha value is -1.26. The Labute approximate surface area is 108 Å². The molecule has 0 radical (unpaired) electrons. The summed E-state index contributed by atoms with van der Waals surface area (Å²) in [6.07, 6.45) is 0. The van der Waals surface area contributed by atoms with E-state index < -0.39 is 0 Å². The van der Waals surface area contributed by atoms with E-state index >= 15 is 0 Å². The summed E-state index contributed by atoms with van der Waals surface area (Å²) in [6, 6.07) is 9.78. The SMILES string of the molecule is CC1CNCCN1C(=O)Nc1ccccc1.Cl. The lowest BCUT2D eigenvalue weighted by molar-refractivity contribution is 0.177. The largest absolute Gasteiger partial charge is 0.322 e. The summed E-state index contributed by atoms with van der Waals surface area (Å²) < 4.78 is 0. The van der Waals surface area contributed by atoms with Crippen molar-refractivity contribution in [3.8, 4) is 0 Å². The van der Waals surface area contributed by atoms with Gasteiger partial charge in [0.25, 0.3) is 0 Å². The molecule has 0 saturated carbocycles. The quantitative estimate of drug-likeness (QED) is 0.806. The number of amides is 2. The lowest BCUT2D eigenvalue weighted by Crippen LogP contribution is -2.53. The predicted octanol–water partition coefficient (Wildman–Crippen LogP) is 1.93. The number of para-hydroxylation sites is 1. The van der Waals surface area contributed by atoms with Crippen molar-refractivity contribution in [2.24, 2.45) is 0 Å². The molecule has 94 valence electrons. The molecule has 1 aromatic rings. The molecule has 0 bridgehead atoms. The minimum Gasteiger partial charge on any atom is -0.319 e. The third-order valence-electron chi connectivity index (χ3n) is 2.79. The van der Waals surface area contributed by atoms with Crippen LogP contribution in [-0.2, 0) is 0 Å². The monoisotopic (exact) mass is 255 g/mol. The van der Waals surface area contributed by atoms with Gasteiger partial charge < -0.3 is 15.5 Å². The highest BCUT2D eigenvalue weighted by molar-refractivity contribution is 5.89. The number of anilines is 1. The van der Waals surface area contributed by atoms with E-state index in [-0.39, 0.29) is 24.5 Å². The van der Waals surface area contributed by atoms with Gasteiger partial charge in [0.15, 0.2) is 0 Å². The fourth-order valence-corrected chi connectivity index (χ4v) is 1.86. The summed E-state index contributed by atoms with van der Waals surface area (Å²) in [5.74, 6) is 0. The van der Waals surface area contributed by atoms with Gasteiger partial charge in [-0.25, -0.2) is 4.79 Å². The summed E-state index contributed by atoms with van der Waals surface area (Å²) in [4.78, 5) is 13.8. The molecule has 2 rings (SSSR count). The zero-order chi connectivity index (χ0) is 11.4. The topological polar surface area (TPSA) is 44.4 Å². The van der Waals surface area contributed by atoms with Crippen LogP contribution in [0.5, 0.6) is 0 Å². The predicted molar refractivity (Wildman–Crippen MR) is 71.7 cm³/mol. The molecule has 0 aromatic heterocycles. The third kappa shape index (κ3) is 3.61. The maximum atomic E-state index is 12.0. The first-order valence-electron chi connectivity index (χ1n) is 5.61. The van der Waals surface area contributed by atoms with Crippen molar-refractivity contribution in [1.29, 1.82) is 0 Å².